The zero-order chi connectivity index (χ0) is 19.3. The van der Waals surface area contributed by atoms with Crippen LogP contribution < -0.4 is 5.32 Å². The van der Waals surface area contributed by atoms with Gasteiger partial charge in [0.05, 0.1) is 13.2 Å². The molecule has 1 saturated heterocycles. The molecule has 9 nitrogen and oxygen atoms in total. The molecule has 1 aliphatic heterocycles. The van der Waals surface area contributed by atoms with Crippen molar-refractivity contribution in [1.82, 2.24) is 29.5 Å². The van der Waals surface area contributed by atoms with E-state index in [0.29, 0.717) is 50.9 Å². The zero-order valence-corrected chi connectivity index (χ0v) is 15.8. The van der Waals surface area contributed by atoms with Crippen molar-refractivity contribution in [1.29, 1.82) is 0 Å². The highest BCUT2D eigenvalue weighted by molar-refractivity contribution is 5.76. The molecule has 3 aromatic heterocycles. The summed E-state index contributed by atoms with van der Waals surface area (Å²) >= 11 is 0. The number of hydrogen-bond acceptors (Lipinski definition) is 7. The van der Waals surface area contributed by atoms with E-state index in [9.17, 15) is 4.79 Å². The first-order chi connectivity index (χ1) is 13.7. The van der Waals surface area contributed by atoms with E-state index in [1.807, 2.05) is 30.0 Å². The van der Waals surface area contributed by atoms with Gasteiger partial charge in [-0.25, -0.2) is 4.98 Å². The lowest BCUT2D eigenvalue weighted by atomic mass is 10.2. The topological polar surface area (TPSA) is 97.5 Å². The summed E-state index contributed by atoms with van der Waals surface area (Å²) in [5.74, 6) is 2.10. The zero-order valence-electron chi connectivity index (χ0n) is 15.8. The molecule has 28 heavy (non-hydrogen) atoms. The molecule has 146 valence electrons. The van der Waals surface area contributed by atoms with E-state index in [1.165, 1.54) is 0 Å². The van der Waals surface area contributed by atoms with Crippen molar-refractivity contribution in [3.63, 3.8) is 0 Å². The number of morpholine rings is 1. The van der Waals surface area contributed by atoms with Crippen molar-refractivity contribution >= 4 is 17.5 Å². The SMILES string of the molecule is Cc1cc(NCCCC(=O)N2CCOCC2)n2nc(-c3cccnc3)nc2n1. The second-order valence-electron chi connectivity index (χ2n) is 6.70. The van der Waals surface area contributed by atoms with Gasteiger partial charge in [-0.15, -0.1) is 5.10 Å². The third kappa shape index (κ3) is 4.09. The van der Waals surface area contributed by atoms with Gasteiger partial charge in [0.1, 0.15) is 5.82 Å². The molecule has 1 aliphatic rings. The van der Waals surface area contributed by atoms with Crippen molar-refractivity contribution in [3.8, 4) is 11.4 Å². The molecule has 1 N–H and O–H groups in total. The third-order valence-electron chi connectivity index (χ3n) is 4.60. The maximum atomic E-state index is 12.2. The number of amides is 1. The predicted octanol–water partition coefficient (Wildman–Crippen LogP) is 1.55. The van der Waals surface area contributed by atoms with Crippen molar-refractivity contribution in [2.75, 3.05) is 38.2 Å². The molecule has 0 bridgehead atoms. The van der Waals surface area contributed by atoms with Crippen LogP contribution in [0.5, 0.6) is 0 Å². The van der Waals surface area contributed by atoms with Crippen LogP contribution in [-0.2, 0) is 9.53 Å². The van der Waals surface area contributed by atoms with Gasteiger partial charge in [-0.2, -0.15) is 9.50 Å². The Morgan fingerprint density at radius 3 is 2.93 bits per heavy atom. The fourth-order valence-electron chi connectivity index (χ4n) is 3.16. The van der Waals surface area contributed by atoms with Gasteiger partial charge >= 0.3 is 0 Å². The molecule has 3 aromatic rings. The van der Waals surface area contributed by atoms with Crippen LogP contribution in [0.3, 0.4) is 0 Å². The third-order valence-corrected chi connectivity index (χ3v) is 4.60. The van der Waals surface area contributed by atoms with E-state index in [-0.39, 0.29) is 5.91 Å². The highest BCUT2D eigenvalue weighted by atomic mass is 16.5. The van der Waals surface area contributed by atoms with E-state index in [4.69, 9.17) is 4.74 Å². The molecule has 0 unspecified atom stereocenters. The van der Waals surface area contributed by atoms with Crippen LogP contribution in [0, 0.1) is 6.92 Å². The lowest BCUT2D eigenvalue weighted by molar-refractivity contribution is -0.135. The fourth-order valence-corrected chi connectivity index (χ4v) is 3.16. The molecule has 1 fully saturated rings. The number of carbonyl (C=O) groups excluding carboxylic acids is 1. The molecule has 0 atom stereocenters. The van der Waals surface area contributed by atoms with E-state index >= 15 is 0 Å². The quantitative estimate of drug-likeness (QED) is 0.647. The second kappa shape index (κ2) is 8.30. The normalized spacial score (nSPS) is 14.4. The van der Waals surface area contributed by atoms with Gasteiger partial charge in [-0.1, -0.05) is 0 Å². The Morgan fingerprint density at radius 2 is 2.14 bits per heavy atom. The Hall–Kier alpha value is -3.07. The fraction of sp³-hybridized carbons (Fsp3) is 0.421. The maximum absolute atomic E-state index is 12.2. The number of nitrogens with one attached hydrogen (secondary N) is 1. The lowest BCUT2D eigenvalue weighted by Crippen LogP contribution is -2.40. The van der Waals surface area contributed by atoms with Crippen LogP contribution in [-0.4, -0.2) is 68.2 Å². The lowest BCUT2D eigenvalue weighted by Gasteiger charge is -2.26. The highest BCUT2D eigenvalue weighted by Crippen LogP contribution is 2.18. The molecule has 9 heteroatoms. The Morgan fingerprint density at radius 1 is 1.29 bits per heavy atom. The minimum atomic E-state index is 0.181. The van der Waals surface area contributed by atoms with Gasteiger partial charge in [0.25, 0.3) is 5.78 Å². The first kappa shape index (κ1) is 18.3. The van der Waals surface area contributed by atoms with Crippen molar-refractivity contribution in [2.24, 2.45) is 0 Å². The minimum Gasteiger partial charge on any atom is -0.378 e. The second-order valence-corrected chi connectivity index (χ2v) is 6.70. The summed E-state index contributed by atoms with van der Waals surface area (Å²) in [5.41, 5.74) is 1.69. The van der Waals surface area contributed by atoms with Crippen LogP contribution in [0.4, 0.5) is 5.82 Å². The number of ether oxygens (including phenoxy) is 1. The Bertz CT molecular complexity index is 952. The highest BCUT2D eigenvalue weighted by Gasteiger charge is 2.16. The summed E-state index contributed by atoms with van der Waals surface area (Å²) in [7, 11) is 0. The Labute approximate surface area is 162 Å². The van der Waals surface area contributed by atoms with Crippen LogP contribution in [0.25, 0.3) is 17.2 Å². The van der Waals surface area contributed by atoms with Crippen LogP contribution in [0.1, 0.15) is 18.5 Å². The Kier molecular flexibility index (Phi) is 5.43. The maximum Gasteiger partial charge on any atom is 0.254 e. The first-order valence-corrected chi connectivity index (χ1v) is 9.45. The van der Waals surface area contributed by atoms with E-state index < -0.39 is 0 Å². The largest absolute Gasteiger partial charge is 0.378 e. The molecule has 0 spiro atoms. The van der Waals surface area contributed by atoms with Crippen LogP contribution in [0.2, 0.25) is 0 Å². The van der Waals surface area contributed by atoms with E-state index in [2.05, 4.69) is 25.4 Å². The van der Waals surface area contributed by atoms with Gasteiger partial charge < -0.3 is 15.0 Å². The van der Waals surface area contributed by atoms with Crippen LogP contribution in [0.15, 0.2) is 30.6 Å². The van der Waals surface area contributed by atoms with E-state index in [0.717, 1.165) is 23.5 Å². The smallest absolute Gasteiger partial charge is 0.254 e. The van der Waals surface area contributed by atoms with Crippen LogP contribution >= 0.6 is 0 Å². The minimum absolute atomic E-state index is 0.181. The van der Waals surface area contributed by atoms with Gasteiger partial charge in [0, 0.05) is 55.8 Å². The number of pyridine rings is 1. The van der Waals surface area contributed by atoms with Crippen molar-refractivity contribution < 1.29 is 9.53 Å². The summed E-state index contributed by atoms with van der Waals surface area (Å²) in [4.78, 5) is 27.2. The first-order valence-electron chi connectivity index (χ1n) is 9.45. The number of carbonyl (C=O) groups is 1. The molecule has 4 heterocycles. The summed E-state index contributed by atoms with van der Waals surface area (Å²) in [6.07, 6.45) is 4.70. The van der Waals surface area contributed by atoms with Gasteiger partial charge in [-0.05, 0) is 25.5 Å². The number of anilines is 1. The van der Waals surface area contributed by atoms with Gasteiger partial charge in [0.15, 0.2) is 5.82 Å². The number of fused-ring (bicyclic) bond motifs is 1. The summed E-state index contributed by atoms with van der Waals surface area (Å²) < 4.78 is 6.98. The van der Waals surface area contributed by atoms with E-state index in [1.54, 1.807) is 16.9 Å². The van der Waals surface area contributed by atoms with Gasteiger partial charge in [-0.3, -0.25) is 9.78 Å². The molecule has 0 radical (unpaired) electrons. The average Bonchev–Trinajstić information content (AvgIpc) is 3.16. The predicted molar refractivity (Wildman–Crippen MR) is 104 cm³/mol. The number of nitrogens with zero attached hydrogens (tertiary/aromatic N) is 6. The molecule has 0 saturated carbocycles. The number of aryl methyl sites for hydroxylation is 1. The molecule has 4 rings (SSSR count). The summed E-state index contributed by atoms with van der Waals surface area (Å²) in [6, 6.07) is 5.70. The van der Waals surface area contributed by atoms with Crippen molar-refractivity contribution in [2.45, 2.75) is 19.8 Å². The molecular formula is C19H23N7O2. The molecule has 0 aromatic carbocycles. The van der Waals surface area contributed by atoms with Gasteiger partial charge in [0.2, 0.25) is 5.91 Å². The monoisotopic (exact) mass is 381 g/mol. The number of rotatable bonds is 6. The standard InChI is InChI=1S/C19H23N7O2/c1-14-12-16(21-7-3-5-17(27)25-8-10-28-11-9-25)26-19(22-14)23-18(24-26)15-4-2-6-20-13-15/h2,4,6,12-13,21H,3,5,7-11H2,1H3. The number of aromatic nitrogens is 5. The summed E-state index contributed by atoms with van der Waals surface area (Å²) in [5, 5.41) is 7.92. The molecule has 0 aliphatic carbocycles. The number of hydrogen-bond donors (Lipinski definition) is 1. The Balaban J connectivity index is 1.42. The van der Waals surface area contributed by atoms with Crippen molar-refractivity contribution in [3.05, 3.63) is 36.3 Å². The average molecular weight is 381 g/mol. The summed E-state index contributed by atoms with van der Waals surface area (Å²) in [6.45, 7) is 5.22. The molecule has 1 amide bonds. The molecular weight excluding hydrogens is 358 g/mol.